The van der Waals surface area contributed by atoms with Crippen LogP contribution in [0.3, 0.4) is 0 Å². The Kier molecular flexibility index (Phi) is 5.29. The molecule has 3 heterocycles. The molecule has 4 nitrogen and oxygen atoms in total. The third-order valence-electron chi connectivity index (χ3n) is 6.79. The molecular formula is C24H26F2N2O2. The van der Waals surface area contributed by atoms with Crippen LogP contribution in [0.1, 0.15) is 35.6 Å². The van der Waals surface area contributed by atoms with Crippen LogP contribution >= 0.6 is 0 Å². The Balaban J connectivity index is 1.43. The summed E-state index contributed by atoms with van der Waals surface area (Å²) in [6, 6.07) is 14.2. The number of benzene rings is 2. The number of carbonyl (C=O) groups is 1. The van der Waals surface area contributed by atoms with E-state index in [4.69, 9.17) is 4.74 Å². The molecule has 0 bridgehead atoms. The molecule has 2 saturated heterocycles. The van der Waals surface area contributed by atoms with E-state index in [-0.39, 0.29) is 36.3 Å². The van der Waals surface area contributed by atoms with Crippen LogP contribution in [0, 0.1) is 11.7 Å². The van der Waals surface area contributed by atoms with Gasteiger partial charge in [0.2, 0.25) is 0 Å². The van der Waals surface area contributed by atoms with Crippen LogP contribution in [-0.2, 0) is 16.0 Å². The van der Waals surface area contributed by atoms with E-state index in [2.05, 4.69) is 11.4 Å². The van der Waals surface area contributed by atoms with Crippen LogP contribution in [-0.4, -0.2) is 48.8 Å². The molecular weight excluding hydrogens is 386 g/mol. The number of ether oxygens (including phenoxy) is 1. The lowest BCUT2D eigenvalue weighted by molar-refractivity contribution is -0.155. The van der Waals surface area contributed by atoms with Crippen molar-refractivity contribution in [2.45, 2.75) is 43.6 Å². The zero-order valence-corrected chi connectivity index (χ0v) is 16.8. The van der Waals surface area contributed by atoms with Gasteiger partial charge in [0, 0.05) is 18.5 Å². The third kappa shape index (κ3) is 3.52. The second kappa shape index (κ2) is 8.08. The van der Waals surface area contributed by atoms with E-state index in [9.17, 15) is 13.6 Å². The minimum absolute atomic E-state index is 0.0298. The van der Waals surface area contributed by atoms with Crippen molar-refractivity contribution < 1.29 is 18.3 Å². The summed E-state index contributed by atoms with van der Waals surface area (Å²) in [5.41, 5.74) is 3.15. The van der Waals surface area contributed by atoms with Gasteiger partial charge in [0.25, 0.3) is 5.91 Å². The Bertz CT molecular complexity index is 920. The number of hydrogen-bond acceptors (Lipinski definition) is 3. The first-order chi connectivity index (χ1) is 14.6. The number of rotatable bonds is 2. The fraction of sp³-hybridized carbons (Fsp3) is 0.458. The van der Waals surface area contributed by atoms with Gasteiger partial charge in [-0.25, -0.2) is 8.78 Å². The van der Waals surface area contributed by atoms with Gasteiger partial charge in [-0.1, -0.05) is 36.4 Å². The molecule has 6 heteroatoms. The SMILES string of the molecule is O=C([C@H]1C[C@@H]2NCC[C@@H](F)[C@H]2CO1)N1CCc2ccccc2[C@@H]1c1ccc(F)cc1. The van der Waals surface area contributed by atoms with Gasteiger partial charge in [0.15, 0.2) is 0 Å². The average Bonchev–Trinajstić information content (AvgIpc) is 2.78. The van der Waals surface area contributed by atoms with Gasteiger partial charge in [-0.3, -0.25) is 4.79 Å². The van der Waals surface area contributed by atoms with E-state index in [0.717, 1.165) is 17.5 Å². The summed E-state index contributed by atoms with van der Waals surface area (Å²) >= 11 is 0. The molecule has 0 aromatic heterocycles. The average molecular weight is 412 g/mol. The molecule has 3 aliphatic rings. The Morgan fingerprint density at radius 3 is 2.77 bits per heavy atom. The maximum atomic E-state index is 14.2. The van der Waals surface area contributed by atoms with Crippen molar-refractivity contribution >= 4 is 5.91 Å². The Hall–Kier alpha value is -2.31. The Morgan fingerprint density at radius 1 is 1.13 bits per heavy atom. The van der Waals surface area contributed by atoms with Gasteiger partial charge in [0.1, 0.15) is 18.1 Å². The van der Waals surface area contributed by atoms with Gasteiger partial charge in [-0.15, -0.1) is 0 Å². The van der Waals surface area contributed by atoms with Crippen molar-refractivity contribution in [1.82, 2.24) is 10.2 Å². The van der Waals surface area contributed by atoms with Gasteiger partial charge >= 0.3 is 0 Å². The largest absolute Gasteiger partial charge is 0.368 e. The summed E-state index contributed by atoms with van der Waals surface area (Å²) in [5.74, 6) is -0.552. The van der Waals surface area contributed by atoms with Crippen LogP contribution in [0.5, 0.6) is 0 Å². The number of carbonyl (C=O) groups excluding carboxylic acids is 1. The monoisotopic (exact) mass is 412 g/mol. The molecule has 0 aliphatic carbocycles. The summed E-state index contributed by atoms with van der Waals surface area (Å²) in [6.45, 7) is 1.48. The smallest absolute Gasteiger partial charge is 0.252 e. The molecule has 1 amide bonds. The highest BCUT2D eigenvalue weighted by molar-refractivity contribution is 5.82. The summed E-state index contributed by atoms with van der Waals surface area (Å²) in [6.07, 6.45) is 0.290. The topological polar surface area (TPSA) is 41.6 Å². The quantitative estimate of drug-likeness (QED) is 0.822. The lowest BCUT2D eigenvalue weighted by Gasteiger charge is -2.44. The predicted molar refractivity (Wildman–Crippen MR) is 109 cm³/mol. The zero-order chi connectivity index (χ0) is 20.7. The first-order valence-electron chi connectivity index (χ1n) is 10.7. The van der Waals surface area contributed by atoms with Crippen LogP contribution < -0.4 is 5.32 Å². The van der Waals surface area contributed by atoms with Crippen LogP contribution in [0.2, 0.25) is 0 Å². The van der Waals surface area contributed by atoms with E-state index < -0.39 is 12.3 Å². The molecule has 0 saturated carbocycles. The van der Waals surface area contributed by atoms with E-state index >= 15 is 0 Å². The highest BCUT2D eigenvalue weighted by atomic mass is 19.1. The van der Waals surface area contributed by atoms with Crippen molar-refractivity contribution in [3.05, 3.63) is 71.0 Å². The highest BCUT2D eigenvalue weighted by Gasteiger charge is 2.43. The number of halogens is 2. The molecule has 2 aromatic rings. The fourth-order valence-corrected chi connectivity index (χ4v) is 5.19. The number of nitrogens with one attached hydrogen (secondary N) is 1. The normalized spacial score (nSPS) is 31.0. The number of fused-ring (bicyclic) bond motifs is 2. The van der Waals surface area contributed by atoms with Crippen molar-refractivity contribution in [3.8, 4) is 0 Å². The lowest BCUT2D eigenvalue weighted by atomic mass is 9.83. The van der Waals surface area contributed by atoms with Crippen LogP contribution in [0.25, 0.3) is 0 Å². The molecule has 2 fully saturated rings. The van der Waals surface area contributed by atoms with E-state index in [0.29, 0.717) is 25.9 Å². The second-order valence-electron chi connectivity index (χ2n) is 8.52. The third-order valence-corrected chi connectivity index (χ3v) is 6.79. The molecule has 5 rings (SSSR count). The van der Waals surface area contributed by atoms with E-state index in [1.165, 1.54) is 17.7 Å². The van der Waals surface area contributed by atoms with Gasteiger partial charge in [-0.2, -0.15) is 0 Å². The van der Waals surface area contributed by atoms with E-state index in [1.807, 2.05) is 23.1 Å². The first-order valence-corrected chi connectivity index (χ1v) is 10.7. The number of hydrogen-bond donors (Lipinski definition) is 1. The van der Waals surface area contributed by atoms with Crippen molar-refractivity contribution in [2.75, 3.05) is 19.7 Å². The summed E-state index contributed by atoms with van der Waals surface area (Å²) < 4.78 is 33.7. The molecule has 5 atom stereocenters. The van der Waals surface area contributed by atoms with Crippen molar-refractivity contribution in [1.29, 1.82) is 0 Å². The predicted octanol–water partition coefficient (Wildman–Crippen LogP) is 3.40. The number of amides is 1. The molecule has 2 aromatic carbocycles. The molecule has 0 radical (unpaired) electrons. The minimum Gasteiger partial charge on any atom is -0.368 e. The minimum atomic E-state index is -0.874. The number of alkyl halides is 1. The zero-order valence-electron chi connectivity index (χ0n) is 16.8. The fourth-order valence-electron chi connectivity index (χ4n) is 5.19. The Labute approximate surface area is 175 Å². The molecule has 3 aliphatic heterocycles. The molecule has 0 unspecified atom stereocenters. The first kappa shape index (κ1) is 19.6. The van der Waals surface area contributed by atoms with E-state index in [1.54, 1.807) is 12.1 Å². The number of piperidine rings is 1. The van der Waals surface area contributed by atoms with Crippen molar-refractivity contribution in [3.63, 3.8) is 0 Å². The van der Waals surface area contributed by atoms with Crippen molar-refractivity contribution in [2.24, 2.45) is 5.92 Å². The van der Waals surface area contributed by atoms with Gasteiger partial charge in [0.05, 0.1) is 12.6 Å². The standard InChI is InChI=1S/C24H26F2N2O2/c25-17-7-5-16(6-8-17)23-18-4-2-1-3-15(18)10-12-28(23)24(29)22-13-21-19(14-30-22)20(26)9-11-27-21/h1-8,19-23,27H,9-14H2/t19-,20-,21+,22-,23+/m1/s1. The van der Waals surface area contributed by atoms with Gasteiger partial charge in [-0.05, 0) is 54.6 Å². The summed E-state index contributed by atoms with van der Waals surface area (Å²) in [7, 11) is 0. The molecule has 158 valence electrons. The highest BCUT2D eigenvalue weighted by Crippen LogP contribution is 2.37. The van der Waals surface area contributed by atoms with Crippen LogP contribution in [0.4, 0.5) is 8.78 Å². The summed E-state index contributed by atoms with van der Waals surface area (Å²) in [4.78, 5) is 15.4. The lowest BCUT2D eigenvalue weighted by Crippen LogP contribution is -2.57. The summed E-state index contributed by atoms with van der Waals surface area (Å²) in [5, 5.41) is 3.37. The Morgan fingerprint density at radius 2 is 1.93 bits per heavy atom. The van der Waals surface area contributed by atoms with Gasteiger partial charge < -0.3 is 15.0 Å². The number of nitrogens with zero attached hydrogens (tertiary/aromatic N) is 1. The maximum Gasteiger partial charge on any atom is 0.252 e. The molecule has 30 heavy (non-hydrogen) atoms. The van der Waals surface area contributed by atoms with Crippen LogP contribution in [0.15, 0.2) is 48.5 Å². The second-order valence-corrected chi connectivity index (χ2v) is 8.52. The maximum absolute atomic E-state index is 14.2. The molecule has 1 N–H and O–H groups in total. The molecule has 0 spiro atoms.